The normalized spacial score (nSPS) is 16.9. The predicted molar refractivity (Wildman–Crippen MR) is 59.3 cm³/mol. The number of nitrogens with two attached hydrogens (primary N) is 1. The number of fused-ring (bicyclic) bond motifs is 1. The van der Waals surface area contributed by atoms with E-state index in [9.17, 15) is 15.0 Å². The number of allylic oxidation sites excluding steroid dienone is 1. The summed E-state index contributed by atoms with van der Waals surface area (Å²) in [6.07, 6.45) is 1.80. The van der Waals surface area contributed by atoms with Crippen molar-refractivity contribution in [3.63, 3.8) is 0 Å². The molecule has 4 heteroatoms. The molecule has 0 radical (unpaired) electrons. The van der Waals surface area contributed by atoms with Gasteiger partial charge in [-0.05, 0) is 23.1 Å². The molecule has 2 rings (SSSR count). The number of hydrogen-bond donors (Lipinski definition) is 3. The van der Waals surface area contributed by atoms with Gasteiger partial charge in [0.15, 0.2) is 6.10 Å². The highest BCUT2D eigenvalue weighted by Crippen LogP contribution is 2.28. The van der Waals surface area contributed by atoms with Gasteiger partial charge in [0.25, 0.3) is 0 Å². The summed E-state index contributed by atoms with van der Waals surface area (Å²) in [6, 6.07) is 5.40. The first kappa shape index (κ1) is 10.9. The summed E-state index contributed by atoms with van der Waals surface area (Å²) in [5.41, 5.74) is 7.47. The Morgan fingerprint density at radius 3 is 2.81 bits per heavy atom. The van der Waals surface area contributed by atoms with Crippen LogP contribution < -0.4 is 5.73 Å². The van der Waals surface area contributed by atoms with Crippen LogP contribution in [0.4, 0.5) is 0 Å². The Kier molecular flexibility index (Phi) is 2.77. The molecule has 1 aromatic carbocycles. The van der Waals surface area contributed by atoms with Gasteiger partial charge in [0.1, 0.15) is 6.10 Å². The van der Waals surface area contributed by atoms with Crippen molar-refractivity contribution in [1.29, 1.82) is 0 Å². The average molecular weight is 219 g/mol. The molecule has 1 amide bonds. The summed E-state index contributed by atoms with van der Waals surface area (Å²) in [6.45, 7) is 0. The van der Waals surface area contributed by atoms with Crippen LogP contribution >= 0.6 is 0 Å². The molecule has 2 unspecified atom stereocenters. The number of carbonyl (C=O) groups excluding carboxylic acids is 1. The Bertz CT molecular complexity index is 454. The molecule has 0 saturated heterocycles. The fourth-order valence-corrected chi connectivity index (χ4v) is 1.92. The van der Waals surface area contributed by atoms with Crippen LogP contribution in [0, 0.1) is 0 Å². The zero-order valence-electron chi connectivity index (χ0n) is 8.63. The second-order valence-electron chi connectivity index (χ2n) is 3.81. The van der Waals surface area contributed by atoms with Crippen LogP contribution in [0.3, 0.4) is 0 Å². The van der Waals surface area contributed by atoms with Gasteiger partial charge in [0, 0.05) is 0 Å². The Morgan fingerprint density at radius 1 is 1.38 bits per heavy atom. The lowest BCUT2D eigenvalue weighted by Gasteiger charge is -2.18. The molecule has 1 aliphatic rings. The van der Waals surface area contributed by atoms with E-state index < -0.39 is 18.1 Å². The van der Waals surface area contributed by atoms with Crippen molar-refractivity contribution in [2.45, 2.75) is 18.6 Å². The van der Waals surface area contributed by atoms with E-state index in [1.807, 2.05) is 18.2 Å². The van der Waals surface area contributed by atoms with Gasteiger partial charge < -0.3 is 15.9 Å². The summed E-state index contributed by atoms with van der Waals surface area (Å²) in [4.78, 5) is 10.8. The van der Waals surface area contributed by atoms with E-state index in [1.165, 1.54) is 0 Å². The summed E-state index contributed by atoms with van der Waals surface area (Å²) in [5, 5.41) is 19.3. The summed E-state index contributed by atoms with van der Waals surface area (Å²) < 4.78 is 0. The van der Waals surface area contributed by atoms with Crippen LogP contribution in [0.1, 0.15) is 22.8 Å². The number of hydrogen-bond acceptors (Lipinski definition) is 3. The maximum Gasteiger partial charge on any atom is 0.249 e. The summed E-state index contributed by atoms with van der Waals surface area (Å²) in [5.74, 6) is -0.920. The van der Waals surface area contributed by atoms with Crippen LogP contribution in [0.5, 0.6) is 0 Å². The van der Waals surface area contributed by atoms with E-state index in [4.69, 9.17) is 5.73 Å². The van der Waals surface area contributed by atoms with Gasteiger partial charge in [-0.2, -0.15) is 0 Å². The molecule has 1 aliphatic carbocycles. The number of benzene rings is 1. The fraction of sp³-hybridized carbons (Fsp3) is 0.250. The van der Waals surface area contributed by atoms with Crippen molar-refractivity contribution in [2.24, 2.45) is 5.73 Å². The Morgan fingerprint density at radius 2 is 2.12 bits per heavy atom. The number of aliphatic hydroxyl groups excluding tert-OH is 2. The highest BCUT2D eigenvalue weighted by molar-refractivity contribution is 5.79. The van der Waals surface area contributed by atoms with Gasteiger partial charge in [0.2, 0.25) is 5.91 Å². The van der Waals surface area contributed by atoms with Gasteiger partial charge in [-0.3, -0.25) is 4.79 Å². The Hall–Kier alpha value is -1.65. The highest BCUT2D eigenvalue weighted by atomic mass is 16.3. The molecule has 0 aliphatic heterocycles. The van der Waals surface area contributed by atoms with E-state index in [0.717, 1.165) is 11.1 Å². The molecule has 84 valence electrons. The molecule has 0 saturated carbocycles. The van der Waals surface area contributed by atoms with Crippen molar-refractivity contribution in [2.75, 3.05) is 0 Å². The number of carbonyl (C=O) groups is 1. The van der Waals surface area contributed by atoms with Gasteiger partial charge in [0.05, 0.1) is 0 Å². The third-order valence-corrected chi connectivity index (χ3v) is 2.78. The van der Waals surface area contributed by atoms with Crippen molar-refractivity contribution in [3.8, 4) is 0 Å². The maximum atomic E-state index is 10.8. The lowest BCUT2D eigenvalue weighted by atomic mass is 9.95. The largest absolute Gasteiger partial charge is 0.385 e. The lowest BCUT2D eigenvalue weighted by molar-refractivity contribution is -0.132. The van der Waals surface area contributed by atoms with Crippen LogP contribution in [-0.4, -0.2) is 22.2 Å². The standard InChI is InChI=1S/C12H13NO3/c13-12(16)11(15)10(14)9-6-2-4-7-3-1-5-8(7)9/h1-4,6,10-11,14-15H,5H2,(H2,13,16). The lowest BCUT2D eigenvalue weighted by Crippen LogP contribution is -2.34. The topological polar surface area (TPSA) is 83.6 Å². The second-order valence-corrected chi connectivity index (χ2v) is 3.81. The fourth-order valence-electron chi connectivity index (χ4n) is 1.92. The zero-order valence-corrected chi connectivity index (χ0v) is 8.63. The van der Waals surface area contributed by atoms with Gasteiger partial charge in [-0.25, -0.2) is 0 Å². The average Bonchev–Trinajstić information content (AvgIpc) is 2.74. The second kappa shape index (κ2) is 4.08. The van der Waals surface area contributed by atoms with Crippen molar-refractivity contribution >= 4 is 12.0 Å². The molecule has 2 atom stereocenters. The zero-order chi connectivity index (χ0) is 11.7. The quantitative estimate of drug-likeness (QED) is 0.676. The molecular weight excluding hydrogens is 206 g/mol. The molecule has 4 N–H and O–H groups in total. The molecule has 0 bridgehead atoms. The maximum absolute atomic E-state index is 10.8. The van der Waals surface area contributed by atoms with E-state index >= 15 is 0 Å². The number of rotatable bonds is 3. The molecule has 16 heavy (non-hydrogen) atoms. The Labute approximate surface area is 93.0 Å². The summed E-state index contributed by atoms with van der Waals surface area (Å²) in [7, 11) is 0. The molecule has 0 aromatic heterocycles. The smallest absolute Gasteiger partial charge is 0.249 e. The van der Waals surface area contributed by atoms with Crippen LogP contribution in [-0.2, 0) is 11.2 Å². The van der Waals surface area contributed by atoms with E-state index in [2.05, 4.69) is 0 Å². The van der Waals surface area contributed by atoms with Crippen molar-refractivity contribution in [3.05, 3.63) is 41.0 Å². The van der Waals surface area contributed by atoms with E-state index in [-0.39, 0.29) is 0 Å². The summed E-state index contributed by atoms with van der Waals surface area (Å²) >= 11 is 0. The molecule has 0 heterocycles. The SMILES string of the molecule is NC(=O)C(O)C(O)c1cccc2c1CC=C2. The minimum absolute atomic E-state index is 0.564. The monoisotopic (exact) mass is 219 g/mol. The molecule has 0 spiro atoms. The van der Waals surface area contributed by atoms with Gasteiger partial charge in [-0.1, -0.05) is 30.4 Å². The van der Waals surface area contributed by atoms with Crippen molar-refractivity contribution < 1.29 is 15.0 Å². The van der Waals surface area contributed by atoms with E-state index in [1.54, 1.807) is 12.1 Å². The third kappa shape index (κ3) is 1.73. The third-order valence-electron chi connectivity index (χ3n) is 2.78. The number of aliphatic hydroxyl groups is 2. The molecule has 1 aromatic rings. The van der Waals surface area contributed by atoms with E-state index in [0.29, 0.717) is 12.0 Å². The molecule has 0 fully saturated rings. The van der Waals surface area contributed by atoms with Crippen LogP contribution in [0.15, 0.2) is 24.3 Å². The molecular formula is C12H13NO3. The van der Waals surface area contributed by atoms with Gasteiger partial charge in [-0.15, -0.1) is 0 Å². The minimum atomic E-state index is -1.56. The minimum Gasteiger partial charge on any atom is -0.385 e. The highest BCUT2D eigenvalue weighted by Gasteiger charge is 2.26. The predicted octanol–water partition coefficient (Wildman–Crippen LogP) is 0.135. The number of primary amides is 1. The number of amides is 1. The van der Waals surface area contributed by atoms with Crippen LogP contribution in [0.2, 0.25) is 0 Å². The first-order valence-corrected chi connectivity index (χ1v) is 5.05. The Balaban J connectivity index is 2.35. The first-order chi connectivity index (χ1) is 7.61. The van der Waals surface area contributed by atoms with Gasteiger partial charge >= 0.3 is 0 Å². The molecule has 4 nitrogen and oxygen atoms in total. The van der Waals surface area contributed by atoms with Crippen LogP contribution in [0.25, 0.3) is 6.08 Å². The van der Waals surface area contributed by atoms with Crippen molar-refractivity contribution in [1.82, 2.24) is 0 Å². The first-order valence-electron chi connectivity index (χ1n) is 5.05.